The first-order valence-electron chi connectivity index (χ1n) is 6.10. The lowest BCUT2D eigenvalue weighted by Crippen LogP contribution is -2.17. The molecule has 0 unspecified atom stereocenters. The van der Waals surface area contributed by atoms with Crippen LogP contribution in [0.1, 0.15) is 0 Å². The quantitative estimate of drug-likeness (QED) is 0.821. The Kier molecular flexibility index (Phi) is 4.57. The molecule has 20 heavy (non-hydrogen) atoms. The molecule has 0 aliphatic rings. The van der Waals surface area contributed by atoms with Crippen molar-refractivity contribution in [2.45, 2.75) is 0 Å². The fourth-order valence-electron chi connectivity index (χ4n) is 1.65. The minimum Gasteiger partial charge on any atom is -0.457 e. The van der Waals surface area contributed by atoms with Crippen molar-refractivity contribution in [3.8, 4) is 11.5 Å². The monoisotopic (exact) mass is 272 g/mol. The van der Waals surface area contributed by atoms with Gasteiger partial charge in [0.25, 0.3) is 0 Å². The summed E-state index contributed by atoms with van der Waals surface area (Å²) in [4.78, 5) is 11.5. The number of ether oxygens (including phenoxy) is 2. The van der Waals surface area contributed by atoms with E-state index >= 15 is 0 Å². The molecule has 0 fully saturated rings. The van der Waals surface area contributed by atoms with E-state index in [-0.39, 0.29) is 12.5 Å². The summed E-state index contributed by atoms with van der Waals surface area (Å²) in [6, 6.07) is 14.5. The molecule has 104 valence electrons. The van der Waals surface area contributed by atoms with E-state index in [0.29, 0.717) is 22.9 Å². The summed E-state index contributed by atoms with van der Waals surface area (Å²) in [5, 5.41) is 2.67. The van der Waals surface area contributed by atoms with E-state index in [4.69, 9.17) is 15.2 Å². The van der Waals surface area contributed by atoms with Gasteiger partial charge in [-0.3, -0.25) is 4.79 Å². The average Bonchev–Trinajstić information content (AvgIpc) is 2.44. The lowest BCUT2D eigenvalue weighted by molar-refractivity contribution is -0.119. The fraction of sp³-hybridized carbons (Fsp3) is 0.133. The van der Waals surface area contributed by atoms with Gasteiger partial charge < -0.3 is 20.5 Å². The molecule has 0 saturated heterocycles. The number of rotatable bonds is 5. The van der Waals surface area contributed by atoms with Crippen LogP contribution in [0.15, 0.2) is 48.5 Å². The van der Waals surface area contributed by atoms with E-state index in [1.54, 1.807) is 18.2 Å². The third kappa shape index (κ3) is 3.73. The molecule has 1 amide bonds. The molecule has 0 spiro atoms. The highest BCUT2D eigenvalue weighted by Gasteiger charge is 2.07. The Morgan fingerprint density at radius 1 is 1.15 bits per heavy atom. The van der Waals surface area contributed by atoms with Gasteiger partial charge in [0.2, 0.25) is 5.91 Å². The molecule has 0 aliphatic carbocycles. The first-order chi connectivity index (χ1) is 9.69. The summed E-state index contributed by atoms with van der Waals surface area (Å²) in [5.74, 6) is 1.04. The third-order valence-corrected chi connectivity index (χ3v) is 2.55. The number of para-hydroxylation sites is 1. The molecule has 0 aliphatic heterocycles. The van der Waals surface area contributed by atoms with Gasteiger partial charge in [-0.25, -0.2) is 0 Å². The van der Waals surface area contributed by atoms with Crippen LogP contribution in [0, 0.1) is 0 Å². The minimum absolute atomic E-state index is 0.0246. The van der Waals surface area contributed by atoms with Crippen molar-refractivity contribution in [2.75, 3.05) is 24.8 Å². The maximum atomic E-state index is 11.5. The molecule has 0 saturated carbocycles. The predicted octanol–water partition coefficient (Wildman–Crippen LogP) is 2.65. The van der Waals surface area contributed by atoms with Crippen LogP contribution in [0.4, 0.5) is 11.4 Å². The van der Waals surface area contributed by atoms with Crippen LogP contribution in [0.3, 0.4) is 0 Å². The molecular formula is C15H16N2O3. The fourth-order valence-corrected chi connectivity index (χ4v) is 1.65. The average molecular weight is 272 g/mol. The van der Waals surface area contributed by atoms with Crippen LogP contribution >= 0.6 is 0 Å². The number of carbonyl (C=O) groups excluding carboxylic acids is 1. The van der Waals surface area contributed by atoms with Gasteiger partial charge in [-0.05, 0) is 24.3 Å². The number of benzene rings is 2. The number of nitrogens with two attached hydrogens (primary N) is 1. The SMILES string of the molecule is COCC(=O)Nc1cc(Oc2ccccc2)ccc1N. The van der Waals surface area contributed by atoms with Crippen molar-refractivity contribution in [1.29, 1.82) is 0 Å². The Bertz CT molecular complexity index is 585. The lowest BCUT2D eigenvalue weighted by atomic mass is 10.2. The van der Waals surface area contributed by atoms with Crippen LogP contribution in [-0.4, -0.2) is 19.6 Å². The lowest BCUT2D eigenvalue weighted by Gasteiger charge is -2.11. The molecular weight excluding hydrogens is 256 g/mol. The van der Waals surface area contributed by atoms with Crippen LogP contribution in [0.5, 0.6) is 11.5 Å². The van der Waals surface area contributed by atoms with E-state index < -0.39 is 0 Å². The maximum absolute atomic E-state index is 11.5. The molecule has 0 heterocycles. The number of hydrogen-bond donors (Lipinski definition) is 2. The summed E-state index contributed by atoms with van der Waals surface area (Å²) in [5.41, 5.74) is 6.78. The molecule has 5 heteroatoms. The number of methoxy groups -OCH3 is 1. The number of anilines is 2. The van der Waals surface area contributed by atoms with Gasteiger partial charge in [-0.1, -0.05) is 18.2 Å². The molecule has 0 aromatic heterocycles. The van der Waals surface area contributed by atoms with Crippen LogP contribution in [-0.2, 0) is 9.53 Å². The molecule has 3 N–H and O–H groups in total. The van der Waals surface area contributed by atoms with Gasteiger partial charge in [-0.15, -0.1) is 0 Å². The van der Waals surface area contributed by atoms with Gasteiger partial charge >= 0.3 is 0 Å². The van der Waals surface area contributed by atoms with Crippen molar-refractivity contribution >= 4 is 17.3 Å². The zero-order valence-corrected chi connectivity index (χ0v) is 11.1. The van der Waals surface area contributed by atoms with Gasteiger partial charge in [0.15, 0.2) is 0 Å². The Morgan fingerprint density at radius 2 is 1.90 bits per heavy atom. The highest BCUT2D eigenvalue weighted by Crippen LogP contribution is 2.28. The number of carbonyl (C=O) groups is 1. The van der Waals surface area contributed by atoms with Crippen molar-refractivity contribution in [3.63, 3.8) is 0 Å². The van der Waals surface area contributed by atoms with E-state index in [1.807, 2.05) is 30.3 Å². The second kappa shape index (κ2) is 6.58. The molecule has 0 radical (unpaired) electrons. The summed E-state index contributed by atoms with van der Waals surface area (Å²) < 4.78 is 10.4. The minimum atomic E-state index is -0.268. The Labute approximate surface area is 117 Å². The summed E-state index contributed by atoms with van der Waals surface area (Å²) >= 11 is 0. The van der Waals surface area contributed by atoms with Gasteiger partial charge in [-0.2, -0.15) is 0 Å². The van der Waals surface area contributed by atoms with Gasteiger partial charge in [0.1, 0.15) is 18.1 Å². The second-order valence-corrected chi connectivity index (χ2v) is 4.15. The first-order valence-corrected chi connectivity index (χ1v) is 6.10. The Hall–Kier alpha value is -2.53. The largest absolute Gasteiger partial charge is 0.457 e. The third-order valence-electron chi connectivity index (χ3n) is 2.55. The zero-order chi connectivity index (χ0) is 14.4. The molecule has 0 atom stereocenters. The zero-order valence-electron chi connectivity index (χ0n) is 11.1. The smallest absolute Gasteiger partial charge is 0.250 e. The summed E-state index contributed by atoms with van der Waals surface area (Å²) in [7, 11) is 1.46. The van der Waals surface area contributed by atoms with Crippen molar-refractivity contribution in [2.24, 2.45) is 0 Å². The van der Waals surface area contributed by atoms with Gasteiger partial charge in [0, 0.05) is 13.2 Å². The number of hydrogen-bond acceptors (Lipinski definition) is 4. The second-order valence-electron chi connectivity index (χ2n) is 4.15. The van der Waals surface area contributed by atoms with Crippen LogP contribution in [0.2, 0.25) is 0 Å². The highest BCUT2D eigenvalue weighted by atomic mass is 16.5. The molecule has 2 rings (SSSR count). The maximum Gasteiger partial charge on any atom is 0.250 e. The normalized spacial score (nSPS) is 10.1. The van der Waals surface area contributed by atoms with E-state index in [9.17, 15) is 4.79 Å². The van der Waals surface area contributed by atoms with Crippen molar-refractivity contribution in [3.05, 3.63) is 48.5 Å². The predicted molar refractivity (Wildman–Crippen MR) is 77.9 cm³/mol. The first kappa shape index (κ1) is 13.9. The van der Waals surface area contributed by atoms with E-state index in [0.717, 1.165) is 0 Å². The molecule has 2 aromatic carbocycles. The molecule has 2 aromatic rings. The number of amides is 1. The van der Waals surface area contributed by atoms with Crippen molar-refractivity contribution < 1.29 is 14.3 Å². The number of nitrogens with one attached hydrogen (secondary N) is 1. The van der Waals surface area contributed by atoms with E-state index in [1.165, 1.54) is 7.11 Å². The van der Waals surface area contributed by atoms with Crippen LogP contribution in [0.25, 0.3) is 0 Å². The summed E-state index contributed by atoms with van der Waals surface area (Å²) in [6.45, 7) is -0.0246. The van der Waals surface area contributed by atoms with E-state index in [2.05, 4.69) is 5.32 Å². The van der Waals surface area contributed by atoms with Crippen molar-refractivity contribution in [1.82, 2.24) is 0 Å². The standard InChI is InChI=1S/C15H16N2O3/c1-19-10-15(18)17-14-9-12(7-8-13(14)16)20-11-5-3-2-4-6-11/h2-9H,10,16H2,1H3,(H,17,18). The molecule has 5 nitrogen and oxygen atoms in total. The molecule has 0 bridgehead atoms. The van der Waals surface area contributed by atoms with Crippen LogP contribution < -0.4 is 15.8 Å². The Balaban J connectivity index is 2.14. The summed E-state index contributed by atoms with van der Waals surface area (Å²) in [6.07, 6.45) is 0. The Morgan fingerprint density at radius 3 is 2.60 bits per heavy atom. The highest BCUT2D eigenvalue weighted by molar-refractivity contribution is 5.94. The van der Waals surface area contributed by atoms with Gasteiger partial charge in [0.05, 0.1) is 11.4 Å². The number of nitrogen functional groups attached to an aromatic ring is 1. The topological polar surface area (TPSA) is 73.6 Å².